The van der Waals surface area contributed by atoms with Gasteiger partial charge in [0.1, 0.15) is 5.76 Å². The summed E-state index contributed by atoms with van der Waals surface area (Å²) in [5, 5.41) is 0.653. The summed E-state index contributed by atoms with van der Waals surface area (Å²) in [4.78, 5) is 13.3. The van der Waals surface area contributed by atoms with E-state index < -0.39 is 0 Å². The van der Waals surface area contributed by atoms with E-state index in [0.717, 1.165) is 11.3 Å². The number of rotatable bonds is 2. The SMILES string of the molecule is CN(C)c1cc(-c2ccc(Cl)cc2)oc(=O)c1. The van der Waals surface area contributed by atoms with E-state index in [1.807, 2.05) is 37.2 Å². The van der Waals surface area contributed by atoms with E-state index in [9.17, 15) is 4.79 Å². The Hall–Kier alpha value is -1.74. The fourth-order valence-corrected chi connectivity index (χ4v) is 1.60. The smallest absolute Gasteiger partial charge is 0.338 e. The molecule has 2 rings (SSSR count). The third-order valence-corrected chi connectivity index (χ3v) is 2.65. The molecule has 0 atom stereocenters. The molecule has 0 N–H and O–H groups in total. The minimum Gasteiger partial charge on any atom is -0.423 e. The van der Waals surface area contributed by atoms with E-state index in [4.69, 9.17) is 16.0 Å². The maximum atomic E-state index is 11.4. The molecule has 0 aliphatic rings. The lowest BCUT2D eigenvalue weighted by atomic mass is 10.1. The van der Waals surface area contributed by atoms with E-state index in [-0.39, 0.29) is 5.63 Å². The zero-order valence-electron chi connectivity index (χ0n) is 9.61. The Morgan fingerprint density at radius 1 is 1.12 bits per heavy atom. The van der Waals surface area contributed by atoms with Gasteiger partial charge < -0.3 is 9.32 Å². The van der Waals surface area contributed by atoms with Crippen LogP contribution in [0, 0.1) is 0 Å². The minimum atomic E-state index is -0.360. The highest BCUT2D eigenvalue weighted by atomic mass is 35.5. The molecular weight excluding hydrogens is 238 g/mol. The zero-order chi connectivity index (χ0) is 12.4. The van der Waals surface area contributed by atoms with Crippen LogP contribution in [0.15, 0.2) is 45.6 Å². The maximum absolute atomic E-state index is 11.4. The first-order valence-corrected chi connectivity index (χ1v) is 5.52. The molecule has 4 heteroatoms. The van der Waals surface area contributed by atoms with Crippen LogP contribution in [-0.2, 0) is 0 Å². The molecule has 0 saturated heterocycles. The van der Waals surface area contributed by atoms with E-state index >= 15 is 0 Å². The van der Waals surface area contributed by atoms with E-state index in [0.29, 0.717) is 10.8 Å². The number of benzene rings is 1. The first-order chi connectivity index (χ1) is 8.06. The van der Waals surface area contributed by atoms with Gasteiger partial charge in [-0.2, -0.15) is 0 Å². The van der Waals surface area contributed by atoms with Gasteiger partial charge in [-0.1, -0.05) is 11.6 Å². The van der Waals surface area contributed by atoms with E-state index in [1.54, 1.807) is 12.1 Å². The van der Waals surface area contributed by atoms with Crippen LogP contribution in [0.5, 0.6) is 0 Å². The van der Waals surface area contributed by atoms with Gasteiger partial charge in [0.15, 0.2) is 0 Å². The molecule has 88 valence electrons. The average Bonchev–Trinajstić information content (AvgIpc) is 2.29. The summed E-state index contributed by atoms with van der Waals surface area (Å²) in [6.07, 6.45) is 0. The Labute approximate surface area is 104 Å². The summed E-state index contributed by atoms with van der Waals surface area (Å²) >= 11 is 5.81. The highest BCUT2D eigenvalue weighted by Crippen LogP contribution is 2.23. The average molecular weight is 250 g/mol. The lowest BCUT2D eigenvalue weighted by Crippen LogP contribution is -2.11. The number of anilines is 1. The van der Waals surface area contributed by atoms with Gasteiger partial charge in [-0.3, -0.25) is 0 Å². The van der Waals surface area contributed by atoms with Crippen molar-refractivity contribution in [3.8, 4) is 11.3 Å². The zero-order valence-corrected chi connectivity index (χ0v) is 10.4. The first kappa shape index (κ1) is 11.7. The largest absolute Gasteiger partial charge is 0.423 e. The van der Waals surface area contributed by atoms with Crippen molar-refractivity contribution in [1.82, 2.24) is 0 Å². The highest BCUT2D eigenvalue weighted by molar-refractivity contribution is 6.30. The highest BCUT2D eigenvalue weighted by Gasteiger charge is 2.05. The lowest BCUT2D eigenvalue weighted by molar-refractivity contribution is 0.526. The molecule has 0 amide bonds. The van der Waals surface area contributed by atoms with Crippen LogP contribution in [0.2, 0.25) is 5.02 Å². The molecule has 0 unspecified atom stereocenters. The van der Waals surface area contributed by atoms with Gasteiger partial charge in [0.2, 0.25) is 0 Å². The predicted octanol–water partition coefficient (Wildman–Crippen LogP) is 3.03. The van der Waals surface area contributed by atoms with Gasteiger partial charge in [0, 0.05) is 42.5 Å². The molecule has 0 fully saturated rings. The van der Waals surface area contributed by atoms with Gasteiger partial charge >= 0.3 is 5.63 Å². The molecule has 0 radical (unpaired) electrons. The topological polar surface area (TPSA) is 33.5 Å². The fourth-order valence-electron chi connectivity index (χ4n) is 1.48. The molecule has 1 heterocycles. The summed E-state index contributed by atoms with van der Waals surface area (Å²) in [7, 11) is 3.75. The molecule has 0 bridgehead atoms. The van der Waals surface area contributed by atoms with Gasteiger partial charge in [-0.05, 0) is 24.3 Å². The van der Waals surface area contributed by atoms with Crippen molar-refractivity contribution in [2.24, 2.45) is 0 Å². The van der Waals surface area contributed by atoms with Crippen molar-refractivity contribution < 1.29 is 4.42 Å². The summed E-state index contributed by atoms with van der Waals surface area (Å²) in [6, 6.07) is 10.4. The normalized spacial score (nSPS) is 10.3. The van der Waals surface area contributed by atoms with Crippen LogP contribution in [0.1, 0.15) is 0 Å². The maximum Gasteiger partial charge on any atom is 0.338 e. The monoisotopic (exact) mass is 249 g/mol. The Morgan fingerprint density at radius 3 is 2.35 bits per heavy atom. The van der Waals surface area contributed by atoms with Crippen molar-refractivity contribution in [1.29, 1.82) is 0 Å². The minimum absolute atomic E-state index is 0.360. The Morgan fingerprint density at radius 2 is 1.76 bits per heavy atom. The van der Waals surface area contributed by atoms with Crippen LogP contribution < -0.4 is 10.5 Å². The Bertz CT molecular complexity index is 573. The molecule has 2 aromatic rings. The summed E-state index contributed by atoms with van der Waals surface area (Å²) in [5.41, 5.74) is 1.28. The summed E-state index contributed by atoms with van der Waals surface area (Å²) in [5.74, 6) is 0.540. The molecule has 0 aliphatic heterocycles. The molecule has 0 aliphatic carbocycles. The van der Waals surface area contributed by atoms with Crippen LogP contribution in [0.4, 0.5) is 5.69 Å². The second-order valence-electron chi connectivity index (χ2n) is 3.90. The molecule has 1 aromatic carbocycles. The molecule has 1 aromatic heterocycles. The first-order valence-electron chi connectivity index (χ1n) is 5.15. The lowest BCUT2D eigenvalue weighted by Gasteiger charge is -2.12. The predicted molar refractivity (Wildman–Crippen MR) is 69.8 cm³/mol. The van der Waals surface area contributed by atoms with Crippen LogP contribution in [0.25, 0.3) is 11.3 Å². The van der Waals surface area contributed by atoms with Gasteiger partial charge in [-0.25, -0.2) is 4.79 Å². The quantitative estimate of drug-likeness (QED) is 0.820. The van der Waals surface area contributed by atoms with E-state index in [2.05, 4.69) is 0 Å². The van der Waals surface area contributed by atoms with Crippen molar-refractivity contribution >= 4 is 17.3 Å². The van der Waals surface area contributed by atoms with Crippen molar-refractivity contribution in [2.45, 2.75) is 0 Å². The fraction of sp³-hybridized carbons (Fsp3) is 0.154. The molecular formula is C13H12ClNO2. The van der Waals surface area contributed by atoms with Gasteiger partial charge in [-0.15, -0.1) is 0 Å². The Balaban J connectivity index is 2.52. The number of halogens is 1. The van der Waals surface area contributed by atoms with Crippen LogP contribution in [0.3, 0.4) is 0 Å². The van der Waals surface area contributed by atoms with Crippen molar-refractivity contribution in [3.05, 3.63) is 51.8 Å². The molecule has 0 saturated carbocycles. The van der Waals surface area contributed by atoms with Gasteiger partial charge in [0.25, 0.3) is 0 Å². The second kappa shape index (κ2) is 4.63. The third kappa shape index (κ3) is 2.68. The van der Waals surface area contributed by atoms with Gasteiger partial charge in [0.05, 0.1) is 0 Å². The van der Waals surface area contributed by atoms with Crippen molar-refractivity contribution in [3.63, 3.8) is 0 Å². The number of hydrogen-bond acceptors (Lipinski definition) is 3. The molecule has 3 nitrogen and oxygen atoms in total. The number of nitrogens with zero attached hydrogens (tertiary/aromatic N) is 1. The Kier molecular flexibility index (Phi) is 3.20. The van der Waals surface area contributed by atoms with Crippen molar-refractivity contribution in [2.75, 3.05) is 19.0 Å². The second-order valence-corrected chi connectivity index (χ2v) is 4.34. The third-order valence-electron chi connectivity index (χ3n) is 2.40. The molecule has 0 spiro atoms. The summed E-state index contributed by atoms with van der Waals surface area (Å²) in [6.45, 7) is 0. The van der Waals surface area contributed by atoms with Crippen LogP contribution >= 0.6 is 11.6 Å². The standard InChI is InChI=1S/C13H12ClNO2/c1-15(2)11-7-12(17-13(16)8-11)9-3-5-10(14)6-4-9/h3-8H,1-2H3. The van der Waals surface area contributed by atoms with E-state index in [1.165, 1.54) is 6.07 Å². The summed E-state index contributed by atoms with van der Waals surface area (Å²) < 4.78 is 5.17. The van der Waals surface area contributed by atoms with Crippen LogP contribution in [-0.4, -0.2) is 14.1 Å². The number of hydrogen-bond donors (Lipinski definition) is 0. The molecule has 17 heavy (non-hydrogen) atoms.